The maximum atomic E-state index is 12.7. The summed E-state index contributed by atoms with van der Waals surface area (Å²) in [6.07, 6.45) is 5.28. The Morgan fingerprint density at radius 2 is 1.94 bits per heavy atom. The number of halogens is 1. The minimum atomic E-state index is -0.326. The van der Waals surface area contributed by atoms with E-state index < -0.39 is 0 Å². The van der Waals surface area contributed by atoms with Crippen molar-refractivity contribution in [1.82, 2.24) is 14.8 Å². The fourth-order valence-electron chi connectivity index (χ4n) is 2.96. The lowest BCUT2D eigenvalue weighted by Crippen LogP contribution is -2.12. The van der Waals surface area contributed by atoms with E-state index in [0.29, 0.717) is 32.8 Å². The van der Waals surface area contributed by atoms with Crippen LogP contribution >= 0.6 is 22.9 Å². The first-order valence-electron chi connectivity index (χ1n) is 9.39. The number of aromatic nitrogens is 3. The van der Waals surface area contributed by atoms with Crippen molar-refractivity contribution in [2.45, 2.75) is 13.5 Å². The van der Waals surface area contributed by atoms with E-state index >= 15 is 0 Å². The van der Waals surface area contributed by atoms with Crippen LogP contribution in [0.2, 0.25) is 5.02 Å². The number of hydrogen-bond acceptors (Lipinski definition) is 5. The number of nitrogens with one attached hydrogen (secondary N) is 2. The lowest BCUT2D eigenvalue weighted by Gasteiger charge is -2.04. The van der Waals surface area contributed by atoms with Gasteiger partial charge >= 0.3 is 0 Å². The molecule has 0 aliphatic heterocycles. The maximum Gasteiger partial charge on any atom is 0.267 e. The van der Waals surface area contributed by atoms with Crippen molar-refractivity contribution < 1.29 is 9.59 Å². The standard InChI is InChI=1S/C22H18ClN5O2S/c1-14-11-19(26-21(29)16-6-2-3-7-17(16)23)31-20(14)22(30)25-18-8-10-28(27-18)13-15-5-4-9-24-12-15/h2-12H,13H2,1H3,(H,26,29)(H,25,27,30). The molecule has 0 fully saturated rings. The molecule has 0 saturated carbocycles. The first-order valence-corrected chi connectivity index (χ1v) is 10.6. The van der Waals surface area contributed by atoms with E-state index in [9.17, 15) is 9.59 Å². The summed E-state index contributed by atoms with van der Waals surface area (Å²) >= 11 is 7.28. The van der Waals surface area contributed by atoms with Crippen LogP contribution in [-0.2, 0) is 6.54 Å². The van der Waals surface area contributed by atoms with Gasteiger partial charge in [0, 0.05) is 24.7 Å². The lowest BCUT2D eigenvalue weighted by molar-refractivity contribution is 0.102. The first-order chi connectivity index (χ1) is 15.0. The van der Waals surface area contributed by atoms with E-state index in [-0.39, 0.29) is 11.8 Å². The summed E-state index contributed by atoms with van der Waals surface area (Å²) in [5.41, 5.74) is 2.14. The molecular formula is C22H18ClN5O2S. The summed E-state index contributed by atoms with van der Waals surface area (Å²) in [5.74, 6) is -0.163. The van der Waals surface area contributed by atoms with Crippen molar-refractivity contribution >= 4 is 45.6 Å². The predicted molar refractivity (Wildman–Crippen MR) is 122 cm³/mol. The number of nitrogens with zero attached hydrogens (tertiary/aromatic N) is 3. The largest absolute Gasteiger partial charge is 0.313 e. The van der Waals surface area contributed by atoms with Crippen LogP contribution in [0.1, 0.15) is 31.2 Å². The SMILES string of the molecule is Cc1cc(NC(=O)c2ccccc2Cl)sc1C(=O)Nc1ccn(Cc2cccnc2)n1. The Balaban J connectivity index is 1.42. The van der Waals surface area contributed by atoms with Crippen molar-refractivity contribution in [1.29, 1.82) is 0 Å². The third-order valence-electron chi connectivity index (χ3n) is 4.43. The Hall–Kier alpha value is -3.49. The lowest BCUT2D eigenvalue weighted by atomic mass is 10.2. The minimum Gasteiger partial charge on any atom is -0.313 e. The monoisotopic (exact) mass is 451 g/mol. The van der Waals surface area contributed by atoms with Crippen molar-refractivity contribution in [3.8, 4) is 0 Å². The Labute approximate surface area is 187 Å². The van der Waals surface area contributed by atoms with Gasteiger partial charge in [0.25, 0.3) is 11.8 Å². The van der Waals surface area contributed by atoms with Crippen LogP contribution in [0.25, 0.3) is 0 Å². The highest BCUT2D eigenvalue weighted by molar-refractivity contribution is 7.18. The third kappa shape index (κ3) is 4.99. The van der Waals surface area contributed by atoms with E-state index in [1.807, 2.05) is 19.1 Å². The molecule has 3 aromatic heterocycles. The van der Waals surface area contributed by atoms with Gasteiger partial charge in [-0.25, -0.2) is 0 Å². The molecule has 9 heteroatoms. The second-order valence-corrected chi connectivity index (χ2v) is 8.23. The second kappa shape index (κ2) is 9.11. The number of rotatable bonds is 6. The number of hydrogen-bond donors (Lipinski definition) is 2. The van der Waals surface area contributed by atoms with E-state index in [0.717, 1.165) is 11.1 Å². The van der Waals surface area contributed by atoms with E-state index in [1.54, 1.807) is 59.7 Å². The molecule has 2 amide bonds. The molecule has 1 aromatic carbocycles. The van der Waals surface area contributed by atoms with Crippen LogP contribution < -0.4 is 10.6 Å². The fourth-order valence-corrected chi connectivity index (χ4v) is 4.15. The molecule has 0 aliphatic rings. The molecule has 0 radical (unpaired) electrons. The molecule has 2 N–H and O–H groups in total. The number of thiophene rings is 1. The van der Waals surface area contributed by atoms with Crippen LogP contribution in [0.3, 0.4) is 0 Å². The Bertz CT molecular complexity index is 1240. The van der Waals surface area contributed by atoms with E-state index in [1.165, 1.54) is 11.3 Å². The van der Waals surface area contributed by atoms with Gasteiger partial charge in [-0.3, -0.25) is 19.3 Å². The number of amides is 2. The molecule has 0 spiro atoms. The van der Waals surface area contributed by atoms with Crippen LogP contribution in [0.4, 0.5) is 10.8 Å². The summed E-state index contributed by atoms with van der Waals surface area (Å²) in [6.45, 7) is 2.37. The molecule has 0 bridgehead atoms. The minimum absolute atomic E-state index is 0.285. The summed E-state index contributed by atoms with van der Waals surface area (Å²) < 4.78 is 1.73. The quantitative estimate of drug-likeness (QED) is 0.438. The fraction of sp³-hybridized carbons (Fsp3) is 0.0909. The summed E-state index contributed by atoms with van der Waals surface area (Å²) in [5, 5.41) is 10.9. The maximum absolute atomic E-state index is 12.7. The molecule has 0 unspecified atom stereocenters. The van der Waals surface area contributed by atoms with Gasteiger partial charge in [0.05, 0.1) is 27.0 Å². The highest BCUT2D eigenvalue weighted by Crippen LogP contribution is 2.28. The number of carbonyl (C=O) groups excluding carboxylic acids is 2. The summed E-state index contributed by atoms with van der Waals surface area (Å²) in [6, 6.07) is 14.1. The van der Waals surface area contributed by atoms with Crippen LogP contribution in [0.15, 0.2) is 67.1 Å². The van der Waals surface area contributed by atoms with Gasteiger partial charge in [0.15, 0.2) is 5.82 Å². The number of aryl methyl sites for hydroxylation is 1. The zero-order valence-corrected chi connectivity index (χ0v) is 18.1. The molecule has 156 valence electrons. The molecule has 31 heavy (non-hydrogen) atoms. The molecule has 7 nitrogen and oxygen atoms in total. The van der Waals surface area contributed by atoms with Gasteiger partial charge in [0.2, 0.25) is 0 Å². The zero-order chi connectivity index (χ0) is 21.8. The smallest absolute Gasteiger partial charge is 0.267 e. The van der Waals surface area contributed by atoms with Gasteiger partial charge in [-0.2, -0.15) is 5.10 Å². The van der Waals surface area contributed by atoms with Gasteiger partial charge < -0.3 is 10.6 Å². The van der Waals surface area contributed by atoms with Crippen molar-refractivity contribution in [2.24, 2.45) is 0 Å². The molecule has 3 heterocycles. The number of anilines is 2. The van der Waals surface area contributed by atoms with Crippen LogP contribution in [0, 0.1) is 6.92 Å². The van der Waals surface area contributed by atoms with Crippen molar-refractivity contribution in [3.63, 3.8) is 0 Å². The molecule has 0 saturated heterocycles. The summed E-state index contributed by atoms with van der Waals surface area (Å²) in [7, 11) is 0. The normalized spacial score (nSPS) is 10.6. The predicted octanol–water partition coefficient (Wildman–Crippen LogP) is 4.85. The van der Waals surface area contributed by atoms with Crippen molar-refractivity contribution in [2.75, 3.05) is 10.6 Å². The second-order valence-electron chi connectivity index (χ2n) is 6.77. The van der Waals surface area contributed by atoms with Gasteiger partial charge in [0.1, 0.15) is 0 Å². The van der Waals surface area contributed by atoms with Gasteiger partial charge in [-0.05, 0) is 42.3 Å². The average Bonchev–Trinajstić information content (AvgIpc) is 3.34. The molecular weight excluding hydrogens is 434 g/mol. The highest BCUT2D eigenvalue weighted by Gasteiger charge is 2.17. The van der Waals surface area contributed by atoms with Crippen LogP contribution in [-0.4, -0.2) is 26.6 Å². The number of pyridine rings is 1. The topological polar surface area (TPSA) is 88.9 Å². The zero-order valence-electron chi connectivity index (χ0n) is 16.5. The summed E-state index contributed by atoms with van der Waals surface area (Å²) in [4.78, 5) is 29.8. The highest BCUT2D eigenvalue weighted by atomic mass is 35.5. The average molecular weight is 452 g/mol. The molecule has 0 aliphatic carbocycles. The van der Waals surface area contributed by atoms with Crippen molar-refractivity contribution in [3.05, 3.63) is 93.7 Å². The Morgan fingerprint density at radius 3 is 2.71 bits per heavy atom. The Kier molecular flexibility index (Phi) is 6.11. The number of carbonyl (C=O) groups is 2. The van der Waals surface area contributed by atoms with E-state index in [4.69, 9.17) is 11.6 Å². The van der Waals surface area contributed by atoms with Gasteiger partial charge in [-0.15, -0.1) is 11.3 Å². The number of benzene rings is 1. The van der Waals surface area contributed by atoms with Crippen LogP contribution in [0.5, 0.6) is 0 Å². The van der Waals surface area contributed by atoms with Gasteiger partial charge in [-0.1, -0.05) is 29.8 Å². The third-order valence-corrected chi connectivity index (χ3v) is 5.91. The molecule has 0 atom stereocenters. The molecule has 4 aromatic rings. The van der Waals surface area contributed by atoms with E-state index in [2.05, 4.69) is 20.7 Å². The first kappa shape index (κ1) is 20.8. The molecule has 4 rings (SSSR count). The Morgan fingerprint density at radius 1 is 1.10 bits per heavy atom.